The average Bonchev–Trinajstić information content (AvgIpc) is 3.12. The third-order valence-electron chi connectivity index (χ3n) is 3.99. The van der Waals surface area contributed by atoms with Crippen molar-refractivity contribution in [3.05, 3.63) is 65.7 Å². The van der Waals surface area contributed by atoms with Crippen molar-refractivity contribution in [1.29, 1.82) is 5.26 Å². The Kier molecular flexibility index (Phi) is 5.92. The number of aromatic amines is 1. The van der Waals surface area contributed by atoms with Gasteiger partial charge in [0.2, 0.25) is 0 Å². The van der Waals surface area contributed by atoms with Gasteiger partial charge >= 0.3 is 5.97 Å². The third-order valence-corrected chi connectivity index (χ3v) is 3.99. The second kappa shape index (κ2) is 8.73. The summed E-state index contributed by atoms with van der Waals surface area (Å²) in [6.45, 7) is 1.71. The van der Waals surface area contributed by atoms with E-state index in [0.29, 0.717) is 11.3 Å². The van der Waals surface area contributed by atoms with Crippen molar-refractivity contribution in [1.82, 2.24) is 9.97 Å². The number of ether oxygens (including phenoxy) is 2. The minimum atomic E-state index is -0.541. The van der Waals surface area contributed by atoms with E-state index >= 15 is 0 Å². The molecule has 0 aliphatic heterocycles. The number of carbonyl (C=O) groups is 1. The van der Waals surface area contributed by atoms with Crippen LogP contribution in [0, 0.1) is 18.3 Å². The zero-order valence-electron chi connectivity index (χ0n) is 15.3. The standard InChI is InChI=1S/C21H19N3O4/c1-14-6-8-15(9-7-14)27-11-10-20(26)28-13-19(25)16(12-22)21-23-17-4-2-3-5-18(17)24-21/h2-9,25H,10-11,13H2,1H3,(H,23,24)/b19-16-. The molecule has 1 aromatic heterocycles. The molecule has 0 saturated carbocycles. The zero-order valence-corrected chi connectivity index (χ0v) is 15.3. The third kappa shape index (κ3) is 4.68. The fourth-order valence-electron chi connectivity index (χ4n) is 2.51. The molecule has 2 aromatic carbocycles. The summed E-state index contributed by atoms with van der Waals surface area (Å²) in [6, 6.07) is 16.6. The molecular weight excluding hydrogens is 358 g/mol. The molecular formula is C21H19N3O4. The van der Waals surface area contributed by atoms with Crippen LogP contribution in [-0.4, -0.2) is 34.3 Å². The molecule has 0 spiro atoms. The number of fused-ring (bicyclic) bond motifs is 1. The molecule has 7 heteroatoms. The number of nitriles is 1. The van der Waals surface area contributed by atoms with Gasteiger partial charge in [0, 0.05) is 0 Å². The molecule has 0 radical (unpaired) electrons. The Balaban J connectivity index is 1.55. The first kappa shape index (κ1) is 19.0. The van der Waals surface area contributed by atoms with Gasteiger partial charge in [0.05, 0.1) is 24.1 Å². The number of aromatic nitrogens is 2. The number of nitrogens with zero attached hydrogens (tertiary/aromatic N) is 2. The first-order valence-corrected chi connectivity index (χ1v) is 8.69. The molecule has 0 unspecified atom stereocenters. The van der Waals surface area contributed by atoms with Crippen molar-refractivity contribution in [2.24, 2.45) is 0 Å². The van der Waals surface area contributed by atoms with Crippen LogP contribution < -0.4 is 4.74 Å². The van der Waals surface area contributed by atoms with E-state index in [0.717, 1.165) is 11.1 Å². The first-order chi connectivity index (χ1) is 13.6. The van der Waals surface area contributed by atoms with E-state index in [4.69, 9.17) is 9.47 Å². The first-order valence-electron chi connectivity index (χ1n) is 8.69. The number of hydrogen-bond donors (Lipinski definition) is 2. The SMILES string of the molecule is Cc1ccc(OCCC(=O)OC/C(O)=C(\C#N)c2nc3ccccc3[nH]2)cc1. The second-order valence-corrected chi connectivity index (χ2v) is 6.11. The Morgan fingerprint density at radius 1 is 1.21 bits per heavy atom. The van der Waals surface area contributed by atoms with Crippen LogP contribution in [-0.2, 0) is 9.53 Å². The minimum Gasteiger partial charge on any atom is -0.507 e. The van der Waals surface area contributed by atoms with Crippen LogP contribution in [0.3, 0.4) is 0 Å². The van der Waals surface area contributed by atoms with Gasteiger partial charge in [-0.3, -0.25) is 4.79 Å². The summed E-state index contributed by atoms with van der Waals surface area (Å²) in [5.74, 6) is -0.0207. The predicted molar refractivity (Wildman–Crippen MR) is 104 cm³/mol. The Morgan fingerprint density at radius 3 is 2.68 bits per heavy atom. The molecule has 0 aliphatic rings. The van der Waals surface area contributed by atoms with Crippen LogP contribution in [0.4, 0.5) is 0 Å². The highest BCUT2D eigenvalue weighted by Gasteiger charge is 2.15. The molecule has 28 heavy (non-hydrogen) atoms. The maximum absolute atomic E-state index is 11.8. The maximum Gasteiger partial charge on any atom is 0.309 e. The van der Waals surface area contributed by atoms with Gasteiger partial charge < -0.3 is 19.6 Å². The monoisotopic (exact) mass is 377 g/mol. The van der Waals surface area contributed by atoms with Crippen LogP contribution in [0.15, 0.2) is 54.3 Å². The van der Waals surface area contributed by atoms with Gasteiger partial charge in [-0.1, -0.05) is 29.8 Å². The molecule has 3 aromatic rings. The summed E-state index contributed by atoms with van der Waals surface area (Å²) in [6.07, 6.45) is 0.0215. The summed E-state index contributed by atoms with van der Waals surface area (Å²) in [4.78, 5) is 19.1. The van der Waals surface area contributed by atoms with Crippen molar-refractivity contribution in [3.8, 4) is 11.8 Å². The number of imidazole rings is 1. The lowest BCUT2D eigenvalue weighted by Gasteiger charge is -2.07. The number of aliphatic hydroxyl groups excluding tert-OH is 1. The van der Waals surface area contributed by atoms with Gasteiger partial charge in [-0.25, -0.2) is 4.98 Å². The topological polar surface area (TPSA) is 108 Å². The fourth-order valence-corrected chi connectivity index (χ4v) is 2.51. The summed E-state index contributed by atoms with van der Waals surface area (Å²) in [7, 11) is 0. The molecule has 3 rings (SSSR count). The average molecular weight is 377 g/mol. The molecule has 0 atom stereocenters. The minimum absolute atomic E-state index is 0.0215. The maximum atomic E-state index is 11.8. The van der Waals surface area contributed by atoms with Crippen molar-refractivity contribution in [3.63, 3.8) is 0 Å². The lowest BCUT2D eigenvalue weighted by molar-refractivity contribution is -0.143. The Hall–Kier alpha value is -3.79. The van der Waals surface area contributed by atoms with E-state index in [1.165, 1.54) is 0 Å². The van der Waals surface area contributed by atoms with Crippen molar-refractivity contribution >= 4 is 22.6 Å². The highest BCUT2D eigenvalue weighted by molar-refractivity contribution is 5.83. The van der Waals surface area contributed by atoms with Gasteiger partial charge in [0.1, 0.15) is 24.0 Å². The number of rotatable bonds is 7. The summed E-state index contributed by atoms with van der Waals surface area (Å²) >= 11 is 0. The molecule has 0 aliphatic carbocycles. The van der Waals surface area contributed by atoms with Crippen LogP contribution in [0.1, 0.15) is 17.8 Å². The molecule has 0 saturated heterocycles. The van der Waals surface area contributed by atoms with E-state index in [1.54, 1.807) is 6.07 Å². The summed E-state index contributed by atoms with van der Waals surface area (Å²) in [5, 5.41) is 19.5. The van der Waals surface area contributed by atoms with Crippen molar-refractivity contribution < 1.29 is 19.4 Å². The molecule has 0 amide bonds. The van der Waals surface area contributed by atoms with Crippen LogP contribution in [0.2, 0.25) is 0 Å². The van der Waals surface area contributed by atoms with E-state index in [-0.39, 0.29) is 30.2 Å². The number of H-pyrrole nitrogens is 1. The number of carbonyl (C=O) groups excluding carboxylic acids is 1. The number of allylic oxidation sites excluding steroid dienone is 1. The van der Waals surface area contributed by atoms with Crippen LogP contribution in [0.5, 0.6) is 5.75 Å². The number of esters is 1. The highest BCUT2D eigenvalue weighted by atomic mass is 16.5. The summed E-state index contributed by atoms with van der Waals surface area (Å²) < 4.78 is 10.5. The van der Waals surface area contributed by atoms with Crippen molar-refractivity contribution in [2.75, 3.05) is 13.2 Å². The van der Waals surface area contributed by atoms with Gasteiger partial charge in [-0.15, -0.1) is 0 Å². The largest absolute Gasteiger partial charge is 0.507 e. The number of hydrogen-bond acceptors (Lipinski definition) is 6. The van der Waals surface area contributed by atoms with E-state index in [1.807, 2.05) is 55.5 Å². The lowest BCUT2D eigenvalue weighted by atomic mass is 10.2. The molecule has 2 N–H and O–H groups in total. The number of benzene rings is 2. The number of aryl methyl sites for hydroxylation is 1. The van der Waals surface area contributed by atoms with E-state index in [9.17, 15) is 15.2 Å². The molecule has 142 valence electrons. The van der Waals surface area contributed by atoms with Gasteiger partial charge in [-0.05, 0) is 31.2 Å². The zero-order chi connectivity index (χ0) is 19.9. The summed E-state index contributed by atoms with van der Waals surface area (Å²) in [5.41, 5.74) is 2.46. The van der Waals surface area contributed by atoms with Gasteiger partial charge in [0.25, 0.3) is 0 Å². The van der Waals surface area contributed by atoms with Crippen LogP contribution in [0.25, 0.3) is 16.6 Å². The smallest absolute Gasteiger partial charge is 0.309 e. The van der Waals surface area contributed by atoms with E-state index < -0.39 is 12.6 Å². The Bertz CT molecular complexity index is 1010. The Morgan fingerprint density at radius 2 is 1.96 bits per heavy atom. The van der Waals surface area contributed by atoms with E-state index in [2.05, 4.69) is 9.97 Å². The normalized spacial score (nSPS) is 11.6. The highest BCUT2D eigenvalue weighted by Crippen LogP contribution is 2.19. The number of nitrogens with one attached hydrogen (secondary N) is 1. The predicted octanol–water partition coefficient (Wildman–Crippen LogP) is 3.68. The van der Waals surface area contributed by atoms with Crippen LogP contribution >= 0.6 is 0 Å². The van der Waals surface area contributed by atoms with Crippen molar-refractivity contribution in [2.45, 2.75) is 13.3 Å². The van der Waals surface area contributed by atoms with Gasteiger partial charge in [-0.2, -0.15) is 5.26 Å². The molecule has 0 fully saturated rings. The molecule has 1 heterocycles. The molecule has 7 nitrogen and oxygen atoms in total. The molecule has 0 bridgehead atoms. The Labute approximate surface area is 161 Å². The second-order valence-electron chi connectivity index (χ2n) is 6.11. The lowest BCUT2D eigenvalue weighted by Crippen LogP contribution is -2.12. The number of aliphatic hydroxyl groups is 1. The fraction of sp³-hybridized carbons (Fsp3) is 0.190. The number of para-hydroxylation sites is 2. The quantitative estimate of drug-likeness (QED) is 0.369. The van der Waals surface area contributed by atoms with Gasteiger partial charge in [0.15, 0.2) is 11.6 Å².